The van der Waals surface area contributed by atoms with Crippen molar-refractivity contribution >= 4 is 27.4 Å². The maximum atomic E-state index is 4.89. The Balaban J connectivity index is 2.08. The van der Waals surface area contributed by atoms with Gasteiger partial charge in [-0.25, -0.2) is 4.98 Å². The lowest BCUT2D eigenvalue weighted by molar-refractivity contribution is 0.295. The molecule has 108 valence electrons. The minimum Gasteiger partial charge on any atom is -0.352 e. The average Bonchev–Trinajstić information content (AvgIpc) is 2.81. The fourth-order valence-corrected chi connectivity index (χ4v) is 3.90. The second-order valence-corrected chi connectivity index (χ2v) is 6.72. The van der Waals surface area contributed by atoms with Crippen molar-refractivity contribution in [1.82, 2.24) is 9.38 Å². The minimum absolute atomic E-state index is 0.550. The van der Waals surface area contributed by atoms with Crippen LogP contribution in [0.5, 0.6) is 0 Å². The number of aromatic nitrogens is 2. The van der Waals surface area contributed by atoms with E-state index in [2.05, 4.69) is 70.4 Å². The molecule has 0 radical (unpaired) electrons. The number of imidazole rings is 1. The largest absolute Gasteiger partial charge is 0.352 e. The first-order valence-electron chi connectivity index (χ1n) is 7.40. The number of piperidine rings is 1. The molecule has 1 fully saturated rings. The summed E-state index contributed by atoms with van der Waals surface area (Å²) in [5.41, 5.74) is 2.30. The summed E-state index contributed by atoms with van der Waals surface area (Å²) in [7, 11) is 0. The quantitative estimate of drug-likeness (QED) is 0.770. The van der Waals surface area contributed by atoms with Crippen molar-refractivity contribution in [3.8, 4) is 0 Å². The van der Waals surface area contributed by atoms with Gasteiger partial charge >= 0.3 is 0 Å². The molecule has 2 aromatic heterocycles. The summed E-state index contributed by atoms with van der Waals surface area (Å²) in [6.45, 7) is 8.14. The van der Waals surface area contributed by atoms with Gasteiger partial charge in [-0.15, -0.1) is 0 Å². The molecule has 0 aromatic carbocycles. The topological polar surface area (TPSA) is 20.5 Å². The van der Waals surface area contributed by atoms with Crippen molar-refractivity contribution in [2.45, 2.75) is 38.6 Å². The van der Waals surface area contributed by atoms with Gasteiger partial charge in [0.15, 0.2) is 5.82 Å². The Kier molecular flexibility index (Phi) is 3.76. The molecule has 0 amide bonds. The Morgan fingerprint density at radius 1 is 1.30 bits per heavy atom. The van der Waals surface area contributed by atoms with Crippen LogP contribution in [-0.4, -0.2) is 22.0 Å². The van der Waals surface area contributed by atoms with Crippen LogP contribution in [0.15, 0.2) is 24.4 Å². The van der Waals surface area contributed by atoms with E-state index in [4.69, 9.17) is 4.98 Å². The fraction of sp³-hybridized carbons (Fsp3) is 0.562. The van der Waals surface area contributed by atoms with E-state index in [-0.39, 0.29) is 0 Å². The van der Waals surface area contributed by atoms with E-state index in [0.29, 0.717) is 12.0 Å². The summed E-state index contributed by atoms with van der Waals surface area (Å²) in [6.07, 6.45) is 3.42. The third-order valence-electron chi connectivity index (χ3n) is 4.60. The van der Waals surface area contributed by atoms with Crippen LogP contribution in [0, 0.1) is 11.8 Å². The Bertz CT molecular complexity index is 607. The second kappa shape index (κ2) is 5.40. The molecule has 0 saturated carbocycles. The molecule has 1 saturated heterocycles. The molecule has 1 aliphatic rings. The van der Waals surface area contributed by atoms with Crippen LogP contribution in [0.2, 0.25) is 0 Å². The van der Waals surface area contributed by atoms with Gasteiger partial charge in [-0.05, 0) is 37.3 Å². The molecule has 3 heterocycles. The molecule has 20 heavy (non-hydrogen) atoms. The molecule has 0 aliphatic carbocycles. The lowest BCUT2D eigenvalue weighted by Gasteiger charge is -2.41. The van der Waals surface area contributed by atoms with Crippen molar-refractivity contribution in [3.63, 3.8) is 0 Å². The molecule has 1 aliphatic heterocycles. The van der Waals surface area contributed by atoms with Crippen LogP contribution in [-0.2, 0) is 5.33 Å². The van der Waals surface area contributed by atoms with Gasteiger partial charge in [-0.3, -0.25) is 0 Å². The van der Waals surface area contributed by atoms with Crippen molar-refractivity contribution < 1.29 is 0 Å². The summed E-state index contributed by atoms with van der Waals surface area (Å²) in [6, 6.07) is 6.75. The van der Waals surface area contributed by atoms with Crippen LogP contribution in [0.1, 0.15) is 32.9 Å². The Morgan fingerprint density at radius 2 is 2.10 bits per heavy atom. The van der Waals surface area contributed by atoms with Gasteiger partial charge in [-0.2, -0.15) is 0 Å². The van der Waals surface area contributed by atoms with E-state index < -0.39 is 0 Å². The number of pyridine rings is 1. The van der Waals surface area contributed by atoms with Gasteiger partial charge in [0.1, 0.15) is 5.65 Å². The van der Waals surface area contributed by atoms with Gasteiger partial charge in [0, 0.05) is 24.1 Å². The minimum atomic E-state index is 0.550. The molecule has 3 unspecified atom stereocenters. The van der Waals surface area contributed by atoms with Crippen LogP contribution < -0.4 is 4.90 Å². The van der Waals surface area contributed by atoms with E-state index in [9.17, 15) is 0 Å². The molecular formula is C16H22BrN3. The first-order valence-corrected chi connectivity index (χ1v) is 8.52. The van der Waals surface area contributed by atoms with E-state index in [1.54, 1.807) is 0 Å². The molecule has 4 heteroatoms. The highest BCUT2D eigenvalue weighted by Gasteiger charge is 2.31. The van der Waals surface area contributed by atoms with Crippen molar-refractivity contribution in [3.05, 3.63) is 30.1 Å². The molecule has 0 N–H and O–H groups in total. The average molecular weight is 336 g/mol. The highest BCUT2D eigenvalue weighted by Crippen LogP contribution is 2.33. The predicted molar refractivity (Wildman–Crippen MR) is 87.6 cm³/mol. The van der Waals surface area contributed by atoms with E-state index in [1.807, 2.05) is 0 Å². The third kappa shape index (κ3) is 2.24. The first-order chi connectivity index (χ1) is 9.61. The molecule has 3 nitrogen and oxygen atoms in total. The Hall–Kier alpha value is -1.03. The maximum absolute atomic E-state index is 4.89. The summed E-state index contributed by atoms with van der Waals surface area (Å²) in [4.78, 5) is 7.39. The zero-order valence-electron chi connectivity index (χ0n) is 12.4. The highest BCUT2D eigenvalue weighted by molar-refractivity contribution is 9.08. The van der Waals surface area contributed by atoms with Crippen LogP contribution >= 0.6 is 15.9 Å². The summed E-state index contributed by atoms with van der Waals surface area (Å²) >= 11 is 3.64. The summed E-state index contributed by atoms with van der Waals surface area (Å²) in [5.74, 6) is 2.60. The molecule has 3 rings (SSSR count). The molecule has 2 aromatic rings. The summed E-state index contributed by atoms with van der Waals surface area (Å²) in [5, 5.41) is 0.833. The Labute approximate surface area is 129 Å². The van der Waals surface area contributed by atoms with E-state index >= 15 is 0 Å². The number of halogens is 1. The van der Waals surface area contributed by atoms with Gasteiger partial charge < -0.3 is 9.30 Å². The predicted octanol–water partition coefficient (Wildman–Crippen LogP) is 4.10. The first kappa shape index (κ1) is 13.9. The third-order valence-corrected chi connectivity index (χ3v) is 5.14. The smallest absolute Gasteiger partial charge is 0.152 e. The second-order valence-electron chi connectivity index (χ2n) is 6.16. The van der Waals surface area contributed by atoms with Gasteiger partial charge in [-0.1, -0.05) is 35.8 Å². The van der Waals surface area contributed by atoms with Gasteiger partial charge in [0.05, 0.1) is 5.69 Å². The lowest BCUT2D eigenvalue weighted by Crippen LogP contribution is -2.46. The van der Waals surface area contributed by atoms with Crippen LogP contribution in [0.4, 0.5) is 5.82 Å². The number of fused-ring (bicyclic) bond motifs is 1. The fourth-order valence-electron chi connectivity index (χ4n) is 3.38. The number of anilines is 1. The zero-order chi connectivity index (χ0) is 14.3. The zero-order valence-corrected chi connectivity index (χ0v) is 14.0. The number of nitrogens with zero attached hydrogens (tertiary/aromatic N) is 3. The number of hydrogen-bond donors (Lipinski definition) is 0. The lowest BCUT2D eigenvalue weighted by atomic mass is 9.86. The molecular weight excluding hydrogens is 314 g/mol. The van der Waals surface area contributed by atoms with E-state index in [0.717, 1.165) is 29.3 Å². The monoisotopic (exact) mass is 335 g/mol. The number of alkyl halides is 1. The van der Waals surface area contributed by atoms with E-state index in [1.165, 1.54) is 12.1 Å². The van der Waals surface area contributed by atoms with Crippen LogP contribution in [0.25, 0.3) is 5.65 Å². The molecule has 0 spiro atoms. The normalized spacial score (nSPS) is 27.2. The molecule has 3 atom stereocenters. The van der Waals surface area contributed by atoms with Crippen LogP contribution in [0.3, 0.4) is 0 Å². The van der Waals surface area contributed by atoms with Crippen molar-refractivity contribution in [2.24, 2.45) is 11.8 Å². The summed E-state index contributed by atoms with van der Waals surface area (Å²) < 4.78 is 2.20. The van der Waals surface area contributed by atoms with Gasteiger partial charge in [0.25, 0.3) is 0 Å². The molecule has 0 bridgehead atoms. The highest BCUT2D eigenvalue weighted by atomic mass is 79.9. The maximum Gasteiger partial charge on any atom is 0.152 e. The Morgan fingerprint density at radius 3 is 2.85 bits per heavy atom. The van der Waals surface area contributed by atoms with Crippen molar-refractivity contribution in [1.29, 1.82) is 0 Å². The number of rotatable bonds is 2. The van der Waals surface area contributed by atoms with Crippen molar-refractivity contribution in [2.75, 3.05) is 11.4 Å². The van der Waals surface area contributed by atoms with Gasteiger partial charge in [0.2, 0.25) is 0 Å². The SMILES string of the molecule is CC1CC(C)C(C)N(c2nc3ccccn3c2CBr)C1. The number of hydrogen-bond acceptors (Lipinski definition) is 2. The standard InChI is InChI=1S/C16H22BrN3/c1-11-8-12(2)13(3)20(10-11)16-14(9-17)19-7-5-4-6-15(19)18-16/h4-7,11-13H,8-10H2,1-3H3.